The molecule has 0 N–H and O–H groups in total. The number of ether oxygens (including phenoxy) is 1. The number of aromatic nitrogens is 3. The van der Waals surface area contributed by atoms with Gasteiger partial charge in [-0.3, -0.25) is 9.78 Å². The van der Waals surface area contributed by atoms with Crippen molar-refractivity contribution in [1.29, 1.82) is 0 Å². The van der Waals surface area contributed by atoms with Crippen LogP contribution >= 0.6 is 0 Å². The lowest BCUT2D eigenvalue weighted by molar-refractivity contribution is -0.00578. The van der Waals surface area contributed by atoms with Crippen molar-refractivity contribution in [3.63, 3.8) is 0 Å². The molecule has 1 aliphatic rings. The molecule has 0 aliphatic carbocycles. The highest BCUT2D eigenvalue weighted by Crippen LogP contribution is 2.26. The summed E-state index contributed by atoms with van der Waals surface area (Å²) in [4.78, 5) is 25.3. The van der Waals surface area contributed by atoms with Crippen LogP contribution in [0.25, 0.3) is 11.1 Å². The number of anilines is 1. The van der Waals surface area contributed by atoms with Crippen molar-refractivity contribution in [2.75, 3.05) is 38.8 Å². The van der Waals surface area contributed by atoms with E-state index in [-0.39, 0.29) is 11.9 Å². The first-order chi connectivity index (χ1) is 13.6. The second-order valence-electron chi connectivity index (χ2n) is 6.78. The Hall–Kier alpha value is -3.26. The maximum atomic E-state index is 13.2. The van der Waals surface area contributed by atoms with Gasteiger partial charge in [-0.25, -0.2) is 0 Å². The quantitative estimate of drug-likeness (QED) is 0.688. The Bertz CT molecular complexity index is 941. The van der Waals surface area contributed by atoms with Gasteiger partial charge in [0, 0.05) is 44.3 Å². The van der Waals surface area contributed by atoms with Crippen LogP contribution in [-0.4, -0.2) is 59.8 Å². The van der Waals surface area contributed by atoms with Crippen LogP contribution in [0.5, 0.6) is 0 Å². The summed E-state index contributed by atoms with van der Waals surface area (Å²) in [5.74, 6) is 0.314. The normalized spacial score (nSPS) is 16.8. The fourth-order valence-corrected chi connectivity index (χ4v) is 3.22. The summed E-state index contributed by atoms with van der Waals surface area (Å²) in [6.45, 7) is 1.27. The SMILES string of the molecule is CN(C)c1ccc(-c2cncc(C(=O)N3CCOCC3c3ncon3)c2)cc1. The maximum Gasteiger partial charge on any atom is 0.256 e. The number of morpholine rings is 1. The molecule has 0 bridgehead atoms. The number of rotatable bonds is 4. The Labute approximate surface area is 162 Å². The zero-order chi connectivity index (χ0) is 19.5. The molecule has 8 heteroatoms. The van der Waals surface area contributed by atoms with E-state index in [0.717, 1.165) is 16.8 Å². The van der Waals surface area contributed by atoms with Gasteiger partial charge in [0.15, 0.2) is 5.82 Å². The summed E-state index contributed by atoms with van der Waals surface area (Å²) < 4.78 is 10.3. The Morgan fingerprint density at radius 2 is 2.00 bits per heavy atom. The predicted molar refractivity (Wildman–Crippen MR) is 103 cm³/mol. The van der Waals surface area contributed by atoms with Crippen molar-refractivity contribution < 1.29 is 14.1 Å². The van der Waals surface area contributed by atoms with E-state index in [1.165, 1.54) is 6.39 Å². The Morgan fingerprint density at radius 3 is 2.71 bits per heavy atom. The van der Waals surface area contributed by atoms with E-state index in [0.29, 0.717) is 31.1 Å². The molecule has 144 valence electrons. The average molecular weight is 379 g/mol. The molecule has 4 rings (SSSR count). The van der Waals surface area contributed by atoms with E-state index in [1.807, 2.05) is 49.3 Å². The Balaban J connectivity index is 1.60. The van der Waals surface area contributed by atoms with Gasteiger partial charge >= 0.3 is 0 Å². The predicted octanol–water partition coefficient (Wildman–Crippen LogP) is 2.41. The van der Waals surface area contributed by atoms with Gasteiger partial charge in [-0.1, -0.05) is 17.3 Å². The molecule has 1 saturated heterocycles. The molecular weight excluding hydrogens is 358 g/mol. The number of amides is 1. The number of benzene rings is 1. The lowest BCUT2D eigenvalue weighted by atomic mass is 10.0. The van der Waals surface area contributed by atoms with Crippen LogP contribution in [0.3, 0.4) is 0 Å². The van der Waals surface area contributed by atoms with Gasteiger partial charge < -0.3 is 19.1 Å². The fraction of sp³-hybridized carbons (Fsp3) is 0.300. The minimum atomic E-state index is -0.372. The van der Waals surface area contributed by atoms with Crippen LogP contribution in [0.2, 0.25) is 0 Å². The van der Waals surface area contributed by atoms with Crippen LogP contribution in [0.4, 0.5) is 5.69 Å². The van der Waals surface area contributed by atoms with E-state index in [9.17, 15) is 4.79 Å². The first-order valence-electron chi connectivity index (χ1n) is 9.01. The number of carbonyl (C=O) groups excluding carboxylic acids is 1. The monoisotopic (exact) mass is 379 g/mol. The molecule has 3 heterocycles. The van der Waals surface area contributed by atoms with Crippen LogP contribution < -0.4 is 4.90 Å². The molecule has 0 radical (unpaired) electrons. The van der Waals surface area contributed by atoms with Gasteiger partial charge in [-0.05, 0) is 23.8 Å². The highest BCUT2D eigenvalue weighted by atomic mass is 16.5. The maximum absolute atomic E-state index is 13.2. The molecule has 1 fully saturated rings. The molecule has 1 unspecified atom stereocenters. The summed E-state index contributed by atoms with van der Waals surface area (Å²) in [5.41, 5.74) is 3.52. The zero-order valence-electron chi connectivity index (χ0n) is 15.8. The van der Waals surface area contributed by atoms with Crippen molar-refractivity contribution >= 4 is 11.6 Å². The molecule has 28 heavy (non-hydrogen) atoms. The zero-order valence-corrected chi connectivity index (χ0v) is 15.8. The van der Waals surface area contributed by atoms with Crippen molar-refractivity contribution in [1.82, 2.24) is 20.0 Å². The van der Waals surface area contributed by atoms with Crippen LogP contribution in [0, 0.1) is 0 Å². The molecule has 3 aromatic rings. The van der Waals surface area contributed by atoms with E-state index in [1.54, 1.807) is 17.3 Å². The lowest BCUT2D eigenvalue weighted by Gasteiger charge is -2.33. The fourth-order valence-electron chi connectivity index (χ4n) is 3.22. The number of pyridine rings is 1. The average Bonchev–Trinajstić information content (AvgIpc) is 3.28. The van der Waals surface area contributed by atoms with Crippen LogP contribution in [0.1, 0.15) is 22.2 Å². The molecule has 0 spiro atoms. The van der Waals surface area contributed by atoms with E-state index in [4.69, 9.17) is 9.26 Å². The third-order valence-electron chi connectivity index (χ3n) is 4.77. The number of nitrogens with zero attached hydrogens (tertiary/aromatic N) is 5. The van der Waals surface area contributed by atoms with Crippen molar-refractivity contribution in [3.8, 4) is 11.1 Å². The van der Waals surface area contributed by atoms with Crippen LogP contribution in [0.15, 0.2) is 53.6 Å². The summed E-state index contributed by atoms with van der Waals surface area (Å²) in [6.07, 6.45) is 4.60. The molecule has 0 saturated carbocycles. The summed E-state index contributed by atoms with van der Waals surface area (Å²) in [5, 5.41) is 3.87. The molecular formula is C20H21N5O3. The highest BCUT2D eigenvalue weighted by Gasteiger charge is 2.32. The van der Waals surface area contributed by atoms with Gasteiger partial charge in [0.05, 0.1) is 18.8 Å². The topological polar surface area (TPSA) is 84.6 Å². The van der Waals surface area contributed by atoms with Gasteiger partial charge in [0.1, 0.15) is 6.04 Å². The Morgan fingerprint density at radius 1 is 1.18 bits per heavy atom. The largest absolute Gasteiger partial charge is 0.378 e. The minimum absolute atomic E-state index is 0.127. The molecule has 8 nitrogen and oxygen atoms in total. The summed E-state index contributed by atoms with van der Waals surface area (Å²) >= 11 is 0. The van der Waals surface area contributed by atoms with Crippen molar-refractivity contribution in [3.05, 3.63) is 60.5 Å². The lowest BCUT2D eigenvalue weighted by Crippen LogP contribution is -2.43. The summed E-state index contributed by atoms with van der Waals surface area (Å²) in [6, 6.07) is 9.62. The number of hydrogen-bond acceptors (Lipinski definition) is 7. The second-order valence-corrected chi connectivity index (χ2v) is 6.78. The highest BCUT2D eigenvalue weighted by molar-refractivity contribution is 5.95. The van der Waals surface area contributed by atoms with Crippen LogP contribution in [-0.2, 0) is 4.74 Å². The molecule has 1 aromatic carbocycles. The standard InChI is InChI=1S/C20H21N5O3/c1-24(2)17-5-3-14(4-6-17)15-9-16(11-21-10-15)20(26)25-7-8-27-12-18(25)19-22-13-28-23-19/h3-6,9-11,13,18H,7-8,12H2,1-2H3. The molecule has 1 atom stereocenters. The van der Waals surface area contributed by atoms with E-state index < -0.39 is 0 Å². The van der Waals surface area contributed by atoms with E-state index >= 15 is 0 Å². The molecule has 1 aliphatic heterocycles. The van der Waals surface area contributed by atoms with Gasteiger partial charge in [0.25, 0.3) is 5.91 Å². The summed E-state index contributed by atoms with van der Waals surface area (Å²) in [7, 11) is 4.00. The van der Waals surface area contributed by atoms with Gasteiger partial charge in [-0.2, -0.15) is 4.98 Å². The van der Waals surface area contributed by atoms with E-state index in [2.05, 4.69) is 15.1 Å². The number of carbonyl (C=O) groups is 1. The first-order valence-corrected chi connectivity index (χ1v) is 9.01. The third kappa shape index (κ3) is 3.59. The second kappa shape index (κ2) is 7.77. The molecule has 2 aromatic heterocycles. The van der Waals surface area contributed by atoms with Crippen molar-refractivity contribution in [2.45, 2.75) is 6.04 Å². The smallest absolute Gasteiger partial charge is 0.256 e. The Kier molecular flexibility index (Phi) is 5.03. The minimum Gasteiger partial charge on any atom is -0.378 e. The van der Waals surface area contributed by atoms with Gasteiger partial charge in [-0.15, -0.1) is 0 Å². The van der Waals surface area contributed by atoms with Gasteiger partial charge in [0.2, 0.25) is 6.39 Å². The molecule has 1 amide bonds. The third-order valence-corrected chi connectivity index (χ3v) is 4.77. The first kappa shape index (κ1) is 18.1. The van der Waals surface area contributed by atoms with Crippen molar-refractivity contribution in [2.24, 2.45) is 0 Å². The number of hydrogen-bond donors (Lipinski definition) is 0.